The van der Waals surface area contributed by atoms with E-state index in [1.54, 1.807) is 29.5 Å². The lowest BCUT2D eigenvalue weighted by Gasteiger charge is -2.11. The van der Waals surface area contributed by atoms with Crippen molar-refractivity contribution in [3.63, 3.8) is 0 Å². The molecule has 1 nitrogen and oxygen atoms in total. The second kappa shape index (κ2) is 5.40. The van der Waals surface area contributed by atoms with Crippen LogP contribution in [-0.2, 0) is 6.42 Å². The summed E-state index contributed by atoms with van der Waals surface area (Å²) in [5, 5.41) is 11.4. The van der Waals surface area contributed by atoms with Crippen LogP contribution in [0.4, 0.5) is 0 Å². The number of aliphatic hydroxyl groups excluding tert-OH is 1. The van der Waals surface area contributed by atoms with E-state index < -0.39 is 6.10 Å². The molecule has 1 N–H and O–H groups in total. The molecule has 0 saturated carbocycles. The Kier molecular flexibility index (Phi) is 4.10. The molecular weight excluding hydrogens is 275 g/mol. The van der Waals surface area contributed by atoms with Crippen LogP contribution < -0.4 is 0 Å². The maximum atomic E-state index is 10.3. The van der Waals surface area contributed by atoms with Gasteiger partial charge in [0.2, 0.25) is 0 Å². The Bertz CT molecular complexity index is 522. The zero-order valence-electron chi connectivity index (χ0n) is 9.28. The van der Waals surface area contributed by atoms with E-state index in [-0.39, 0.29) is 0 Å². The van der Waals surface area contributed by atoms with Crippen molar-refractivity contribution in [2.75, 3.05) is 0 Å². The van der Waals surface area contributed by atoms with Crippen LogP contribution in [0.15, 0.2) is 30.3 Å². The molecule has 2 rings (SSSR count). The van der Waals surface area contributed by atoms with Gasteiger partial charge in [0.05, 0.1) is 0 Å². The van der Waals surface area contributed by atoms with E-state index in [1.807, 2.05) is 12.1 Å². The van der Waals surface area contributed by atoms with Crippen molar-refractivity contribution in [1.29, 1.82) is 0 Å². The molecule has 1 heterocycles. The molecule has 0 radical (unpaired) electrons. The quantitative estimate of drug-likeness (QED) is 0.867. The number of aliphatic hydroxyl groups is 1. The van der Waals surface area contributed by atoms with Crippen molar-refractivity contribution < 1.29 is 5.11 Å². The number of hydrogen-bond donors (Lipinski definition) is 1. The number of rotatable bonds is 3. The summed E-state index contributed by atoms with van der Waals surface area (Å²) >= 11 is 13.6. The maximum absolute atomic E-state index is 10.3. The third-order valence-electron chi connectivity index (χ3n) is 2.55. The fourth-order valence-corrected chi connectivity index (χ4v) is 2.97. The van der Waals surface area contributed by atoms with E-state index in [9.17, 15) is 5.11 Å². The average Bonchev–Trinajstić information content (AvgIpc) is 2.80. The highest BCUT2D eigenvalue weighted by atomic mass is 35.5. The lowest BCUT2D eigenvalue weighted by molar-refractivity contribution is 0.224. The Morgan fingerprint density at radius 2 is 2.00 bits per heavy atom. The van der Waals surface area contributed by atoms with Crippen LogP contribution in [0.5, 0.6) is 0 Å². The van der Waals surface area contributed by atoms with E-state index in [0.717, 1.165) is 11.3 Å². The maximum Gasteiger partial charge on any atom is 0.115 e. The molecule has 17 heavy (non-hydrogen) atoms. The Labute approximate surface area is 115 Å². The first-order chi connectivity index (χ1) is 8.11. The zero-order chi connectivity index (χ0) is 12.4. The highest BCUT2D eigenvalue weighted by Crippen LogP contribution is 2.33. The van der Waals surface area contributed by atoms with E-state index in [1.165, 1.54) is 4.88 Å². The van der Waals surface area contributed by atoms with E-state index in [4.69, 9.17) is 23.2 Å². The van der Waals surface area contributed by atoms with E-state index >= 15 is 0 Å². The van der Waals surface area contributed by atoms with Gasteiger partial charge in [-0.2, -0.15) is 0 Å². The molecule has 0 fully saturated rings. The SMILES string of the molecule is CCc1ccc(C(O)c2cc(Cl)ccc2Cl)s1. The fraction of sp³-hybridized carbons (Fsp3) is 0.231. The van der Waals surface area contributed by atoms with Crippen molar-refractivity contribution in [1.82, 2.24) is 0 Å². The van der Waals surface area contributed by atoms with Crippen LogP contribution in [0.3, 0.4) is 0 Å². The van der Waals surface area contributed by atoms with Gasteiger partial charge in [-0.05, 0) is 36.8 Å². The molecule has 0 spiro atoms. The Balaban J connectivity index is 2.35. The minimum absolute atomic E-state index is 0.536. The molecule has 1 aromatic heterocycles. The number of aryl methyl sites for hydroxylation is 1. The molecule has 90 valence electrons. The summed E-state index contributed by atoms with van der Waals surface area (Å²) in [6, 6.07) is 9.09. The Morgan fingerprint density at radius 1 is 1.24 bits per heavy atom. The smallest absolute Gasteiger partial charge is 0.115 e. The van der Waals surface area contributed by atoms with Gasteiger partial charge in [-0.3, -0.25) is 0 Å². The van der Waals surface area contributed by atoms with Crippen molar-refractivity contribution >= 4 is 34.5 Å². The normalized spacial score (nSPS) is 12.7. The molecule has 4 heteroatoms. The highest BCUT2D eigenvalue weighted by Gasteiger charge is 2.16. The van der Waals surface area contributed by atoms with Gasteiger partial charge in [-0.1, -0.05) is 30.1 Å². The predicted octanol–water partition coefficient (Wildman–Crippen LogP) is 4.70. The Morgan fingerprint density at radius 3 is 2.65 bits per heavy atom. The highest BCUT2D eigenvalue weighted by molar-refractivity contribution is 7.12. The third-order valence-corrected chi connectivity index (χ3v) is 4.41. The van der Waals surface area contributed by atoms with Crippen LogP contribution in [0, 0.1) is 0 Å². The fourth-order valence-electron chi connectivity index (χ4n) is 1.61. The molecule has 0 amide bonds. The zero-order valence-corrected chi connectivity index (χ0v) is 11.6. The summed E-state index contributed by atoms with van der Waals surface area (Å²) in [5.41, 5.74) is 0.656. The molecule has 1 unspecified atom stereocenters. The van der Waals surface area contributed by atoms with Gasteiger partial charge in [0, 0.05) is 25.4 Å². The first-order valence-electron chi connectivity index (χ1n) is 5.33. The predicted molar refractivity (Wildman–Crippen MR) is 74.2 cm³/mol. The molecule has 0 aliphatic rings. The lowest BCUT2D eigenvalue weighted by atomic mass is 10.1. The largest absolute Gasteiger partial charge is 0.383 e. The molecule has 0 aliphatic carbocycles. The number of benzene rings is 1. The molecule has 1 atom stereocenters. The third kappa shape index (κ3) is 2.83. The topological polar surface area (TPSA) is 20.2 Å². The average molecular weight is 287 g/mol. The summed E-state index contributed by atoms with van der Waals surface area (Å²) in [4.78, 5) is 2.14. The summed E-state index contributed by atoms with van der Waals surface area (Å²) in [7, 11) is 0. The van der Waals surface area contributed by atoms with Crippen molar-refractivity contribution in [3.05, 3.63) is 55.7 Å². The van der Waals surface area contributed by atoms with Crippen LogP contribution in [0.2, 0.25) is 10.0 Å². The summed E-state index contributed by atoms with van der Waals surface area (Å²) < 4.78 is 0. The van der Waals surface area contributed by atoms with E-state index in [0.29, 0.717) is 15.6 Å². The van der Waals surface area contributed by atoms with Gasteiger partial charge in [-0.15, -0.1) is 11.3 Å². The number of thiophene rings is 1. The molecule has 2 aromatic rings. The van der Waals surface area contributed by atoms with Gasteiger partial charge in [0.1, 0.15) is 6.10 Å². The second-order valence-electron chi connectivity index (χ2n) is 3.73. The first-order valence-corrected chi connectivity index (χ1v) is 6.90. The summed E-state index contributed by atoms with van der Waals surface area (Å²) in [6.45, 7) is 2.09. The van der Waals surface area contributed by atoms with Crippen molar-refractivity contribution in [2.45, 2.75) is 19.4 Å². The van der Waals surface area contributed by atoms with Crippen LogP contribution in [0.1, 0.15) is 28.3 Å². The second-order valence-corrected chi connectivity index (χ2v) is 5.77. The van der Waals surface area contributed by atoms with Crippen LogP contribution in [-0.4, -0.2) is 5.11 Å². The Hall–Kier alpha value is -0.540. The molecule has 0 saturated heterocycles. The monoisotopic (exact) mass is 286 g/mol. The first kappa shape index (κ1) is 12.9. The minimum atomic E-state index is -0.702. The summed E-state index contributed by atoms with van der Waals surface area (Å²) in [5.74, 6) is 0. The van der Waals surface area contributed by atoms with Crippen molar-refractivity contribution in [3.8, 4) is 0 Å². The molecule has 0 bridgehead atoms. The van der Waals surface area contributed by atoms with Crippen LogP contribution in [0.25, 0.3) is 0 Å². The number of halogens is 2. The molecule has 0 aliphatic heterocycles. The minimum Gasteiger partial charge on any atom is -0.383 e. The standard InChI is InChI=1S/C13H12Cl2OS/c1-2-9-4-6-12(17-9)13(16)10-7-8(14)3-5-11(10)15/h3-7,13,16H,2H2,1H3. The van der Waals surface area contributed by atoms with Gasteiger partial charge < -0.3 is 5.11 Å². The van der Waals surface area contributed by atoms with Crippen molar-refractivity contribution in [2.24, 2.45) is 0 Å². The van der Waals surface area contributed by atoms with Gasteiger partial charge in [0.25, 0.3) is 0 Å². The van der Waals surface area contributed by atoms with Gasteiger partial charge in [-0.25, -0.2) is 0 Å². The molecule has 1 aromatic carbocycles. The van der Waals surface area contributed by atoms with Gasteiger partial charge >= 0.3 is 0 Å². The summed E-state index contributed by atoms with van der Waals surface area (Å²) in [6.07, 6.45) is 0.271. The molecular formula is C13H12Cl2OS. The van der Waals surface area contributed by atoms with Crippen LogP contribution >= 0.6 is 34.5 Å². The van der Waals surface area contributed by atoms with Gasteiger partial charge in [0.15, 0.2) is 0 Å². The van der Waals surface area contributed by atoms with E-state index in [2.05, 4.69) is 6.92 Å². The number of hydrogen-bond acceptors (Lipinski definition) is 2. The lowest BCUT2D eigenvalue weighted by Crippen LogP contribution is -1.97.